The predicted molar refractivity (Wildman–Crippen MR) is 103 cm³/mol. The third-order valence-electron chi connectivity index (χ3n) is 4.28. The van der Waals surface area contributed by atoms with E-state index in [1.54, 1.807) is 35.2 Å². The number of rotatable bonds is 4. The van der Waals surface area contributed by atoms with Gasteiger partial charge >= 0.3 is 0 Å². The maximum absolute atomic E-state index is 8.95. The molecule has 0 amide bonds. The second-order valence-electron chi connectivity index (χ2n) is 5.53. The van der Waals surface area contributed by atoms with Crippen LogP contribution in [0.3, 0.4) is 0 Å². The van der Waals surface area contributed by atoms with E-state index >= 15 is 0 Å². The van der Waals surface area contributed by atoms with E-state index in [2.05, 4.69) is 20.8 Å². The Morgan fingerprint density at radius 1 is 0.923 bits per heavy atom. The first-order valence-corrected chi connectivity index (χ1v) is 8.48. The minimum Gasteiger partial charge on any atom is -0.762 e. The number of benzene rings is 1. The highest BCUT2D eigenvalue weighted by molar-refractivity contribution is 6.07. The molecule has 0 aromatic heterocycles. The van der Waals surface area contributed by atoms with E-state index in [9.17, 15) is 0 Å². The quantitative estimate of drug-likeness (QED) is 0.671. The molecule has 0 saturated heterocycles. The van der Waals surface area contributed by atoms with Gasteiger partial charge in [0.2, 0.25) is 0 Å². The molecule has 26 heavy (non-hydrogen) atoms. The van der Waals surface area contributed by atoms with E-state index in [1.807, 2.05) is 24.1 Å². The summed E-state index contributed by atoms with van der Waals surface area (Å²) in [4.78, 5) is 1.68. The highest BCUT2D eigenvalue weighted by Gasteiger charge is 2.22. The molecule has 1 aromatic carbocycles. The van der Waals surface area contributed by atoms with Gasteiger partial charge in [-0.05, 0) is 38.0 Å². The maximum Gasteiger partial charge on any atom is 0.137 e. The molecule has 0 spiro atoms. The lowest BCUT2D eigenvalue weighted by Gasteiger charge is -2.10. The Morgan fingerprint density at radius 3 is 1.85 bits per heavy atom. The first kappa shape index (κ1) is 20.6. The molecule has 1 aromatic rings. The Bertz CT molecular complexity index is 868. The zero-order valence-electron chi connectivity index (χ0n) is 15.3. The van der Waals surface area contributed by atoms with Gasteiger partial charge in [0, 0.05) is 11.1 Å². The Kier molecular flexibility index (Phi) is 8.29. The smallest absolute Gasteiger partial charge is 0.137 e. The van der Waals surface area contributed by atoms with Crippen molar-refractivity contribution in [2.24, 2.45) is 0 Å². The zero-order valence-corrected chi connectivity index (χ0v) is 15.3. The van der Waals surface area contributed by atoms with Crippen molar-refractivity contribution in [1.29, 1.82) is 15.8 Å². The van der Waals surface area contributed by atoms with Crippen LogP contribution >= 0.6 is 0 Å². The van der Waals surface area contributed by atoms with Crippen LogP contribution in [-0.2, 0) is 0 Å². The summed E-state index contributed by atoms with van der Waals surface area (Å²) in [6.45, 7) is 10.5. The number of hydrogen-bond donors (Lipinski definition) is 1. The zero-order chi connectivity index (χ0) is 19.5. The first-order chi connectivity index (χ1) is 12.6. The number of nitrogens with one attached hydrogen (secondary N) is 1. The maximum atomic E-state index is 8.95. The van der Waals surface area contributed by atoms with Crippen LogP contribution in [0.5, 0.6) is 0 Å². The summed E-state index contributed by atoms with van der Waals surface area (Å²) in [6, 6.07) is 12.6. The molecule has 1 aliphatic carbocycles. The Balaban J connectivity index is 0.000000412. The Morgan fingerprint density at radius 2 is 1.46 bits per heavy atom. The van der Waals surface area contributed by atoms with Gasteiger partial charge in [0.05, 0.1) is 25.2 Å². The van der Waals surface area contributed by atoms with Gasteiger partial charge in [0.1, 0.15) is 23.8 Å². The lowest BCUT2D eigenvalue weighted by atomic mass is 9.99. The van der Waals surface area contributed by atoms with Gasteiger partial charge in [-0.3, -0.25) is 0 Å². The summed E-state index contributed by atoms with van der Waals surface area (Å²) in [5.41, 5.74) is 2.24. The molecule has 0 bridgehead atoms. The molecule has 0 fully saturated rings. The van der Waals surface area contributed by atoms with E-state index in [1.165, 1.54) is 19.6 Å². The number of nitrogens with zero attached hydrogens (tertiary/aromatic N) is 4. The van der Waals surface area contributed by atoms with Gasteiger partial charge in [0.25, 0.3) is 0 Å². The van der Waals surface area contributed by atoms with E-state index in [0.29, 0.717) is 22.3 Å². The number of quaternary nitrogens is 1. The monoisotopic (exact) mass is 343 g/mol. The van der Waals surface area contributed by atoms with Crippen molar-refractivity contribution in [3.63, 3.8) is 0 Å². The molecule has 5 heteroatoms. The molecule has 0 saturated carbocycles. The van der Waals surface area contributed by atoms with Crippen LogP contribution in [0, 0.1) is 34.0 Å². The van der Waals surface area contributed by atoms with E-state index in [-0.39, 0.29) is 11.1 Å². The molecule has 0 unspecified atom stereocenters. The van der Waals surface area contributed by atoms with E-state index in [0.717, 1.165) is 0 Å². The summed E-state index contributed by atoms with van der Waals surface area (Å²) in [7, 11) is 0. The lowest BCUT2D eigenvalue weighted by Crippen LogP contribution is -3.11. The molecule has 0 radical (unpaired) electrons. The molecule has 2 rings (SSSR count). The molecule has 0 atom stereocenters. The van der Waals surface area contributed by atoms with E-state index < -0.39 is 0 Å². The van der Waals surface area contributed by atoms with Crippen LogP contribution in [0.2, 0.25) is 0 Å². The predicted octanol–water partition coefficient (Wildman–Crippen LogP) is 2.50. The number of hydrogen-bond acceptors (Lipinski definition) is 3. The van der Waals surface area contributed by atoms with Gasteiger partial charge in [-0.15, -0.1) is 0 Å². The fourth-order valence-electron chi connectivity index (χ4n) is 2.71. The van der Waals surface area contributed by atoms with Crippen molar-refractivity contribution >= 4 is 17.0 Å². The van der Waals surface area contributed by atoms with Crippen LogP contribution < -0.4 is 4.90 Å². The molecular weight excluding hydrogens is 322 g/mol. The standard InChI is InChI=1S/C15H5N4.C6H15N/c16-6-10(7-17)14-5-15(11(8-18)9-19)13-4-2-1-3-12(13)14;1-4-7(5-2)6-3/h1-5H;4-6H2,1-3H3/q-1;/p+1. The third kappa shape index (κ3) is 4.56. The number of fused-ring (bicyclic) bond motifs is 1. The van der Waals surface area contributed by atoms with Crippen molar-refractivity contribution in [2.45, 2.75) is 20.8 Å². The molecule has 0 aliphatic heterocycles. The summed E-state index contributed by atoms with van der Waals surface area (Å²) >= 11 is 0. The fraction of sp³-hybridized carbons (Fsp3) is 0.286. The topological polar surface area (TPSA) is 98.1 Å². The van der Waals surface area contributed by atoms with Crippen molar-refractivity contribution < 1.29 is 4.90 Å². The molecule has 130 valence electrons. The highest BCUT2D eigenvalue weighted by Crippen LogP contribution is 2.39. The van der Waals surface area contributed by atoms with Crippen LogP contribution in [0.1, 0.15) is 31.9 Å². The van der Waals surface area contributed by atoms with Gasteiger partial charge in [-0.25, -0.2) is 5.87 Å². The molecular formula is C21H21N5. The number of allylic oxidation sites excluding steroid dienone is 5. The SMILES string of the molecule is CC[NH+](CC)CC.N#CC(=C=[N-])C1=CC(=C(C#N)C#N)c2ccccc21. The van der Waals surface area contributed by atoms with Gasteiger partial charge < -0.3 is 10.3 Å². The number of nitriles is 3. The first-order valence-electron chi connectivity index (χ1n) is 8.48. The Labute approximate surface area is 154 Å². The largest absolute Gasteiger partial charge is 0.762 e. The summed E-state index contributed by atoms with van der Waals surface area (Å²) in [5, 5.41) is 35.8. The van der Waals surface area contributed by atoms with Crippen molar-refractivity contribution in [1.82, 2.24) is 0 Å². The van der Waals surface area contributed by atoms with Crippen LogP contribution in [0.25, 0.3) is 16.6 Å². The summed E-state index contributed by atoms with van der Waals surface area (Å²) in [5.74, 6) is 1.83. The van der Waals surface area contributed by atoms with Crippen LogP contribution in [0.4, 0.5) is 0 Å². The molecule has 0 heterocycles. The van der Waals surface area contributed by atoms with E-state index in [4.69, 9.17) is 21.2 Å². The minimum absolute atomic E-state index is 0.0299. The fourth-order valence-corrected chi connectivity index (χ4v) is 2.71. The van der Waals surface area contributed by atoms with Crippen molar-refractivity contribution in [3.8, 4) is 18.2 Å². The average Bonchev–Trinajstić information content (AvgIpc) is 3.06. The van der Waals surface area contributed by atoms with Crippen LogP contribution in [-0.4, -0.2) is 25.5 Å². The highest BCUT2D eigenvalue weighted by atomic mass is 15.1. The van der Waals surface area contributed by atoms with Crippen molar-refractivity contribution in [3.05, 3.63) is 58.0 Å². The van der Waals surface area contributed by atoms with Crippen molar-refractivity contribution in [2.75, 3.05) is 19.6 Å². The Hall–Kier alpha value is -3.42. The second kappa shape index (κ2) is 10.4. The second-order valence-corrected chi connectivity index (χ2v) is 5.53. The van der Waals surface area contributed by atoms with Crippen LogP contribution in [0.15, 0.2) is 41.5 Å². The van der Waals surface area contributed by atoms with Gasteiger partial charge in [0.15, 0.2) is 0 Å². The normalized spacial score (nSPS) is 11.0. The molecule has 1 aliphatic rings. The lowest BCUT2D eigenvalue weighted by molar-refractivity contribution is -0.894. The minimum atomic E-state index is -0.0299. The molecule has 5 nitrogen and oxygen atoms in total. The third-order valence-corrected chi connectivity index (χ3v) is 4.28. The van der Waals surface area contributed by atoms with Gasteiger partial charge in [-0.2, -0.15) is 15.8 Å². The molecule has 1 N–H and O–H groups in total. The van der Waals surface area contributed by atoms with Gasteiger partial charge in [-0.1, -0.05) is 24.3 Å². The summed E-state index contributed by atoms with van der Waals surface area (Å²) in [6.07, 6.45) is 1.55. The average molecular weight is 343 g/mol. The summed E-state index contributed by atoms with van der Waals surface area (Å²) < 4.78 is 0.